The molecule has 1 atom stereocenters. The Hall–Kier alpha value is -2.45. The molecular formula is C26H41N5O4. The van der Waals surface area contributed by atoms with Gasteiger partial charge in [-0.15, -0.1) is 0 Å². The summed E-state index contributed by atoms with van der Waals surface area (Å²) < 4.78 is 13.6. The lowest BCUT2D eigenvalue weighted by Gasteiger charge is -2.58. The van der Waals surface area contributed by atoms with Gasteiger partial charge >= 0.3 is 12.2 Å². The number of likely N-dealkylation sites (tertiary alicyclic amines) is 1. The first-order valence-electron chi connectivity index (χ1n) is 12.9. The average Bonchev–Trinajstić information content (AvgIpc) is 3.07. The summed E-state index contributed by atoms with van der Waals surface area (Å²) in [5.74, 6) is 1.05. The van der Waals surface area contributed by atoms with Gasteiger partial charge in [-0.2, -0.15) is 5.10 Å². The molecule has 1 unspecified atom stereocenters. The number of carbonyl (C=O) groups is 2. The Labute approximate surface area is 208 Å². The second-order valence-electron chi connectivity index (χ2n) is 13.2. The molecule has 1 saturated carbocycles. The van der Waals surface area contributed by atoms with E-state index < -0.39 is 11.2 Å². The lowest BCUT2D eigenvalue weighted by molar-refractivity contribution is -0.0931. The highest BCUT2D eigenvalue weighted by Crippen LogP contribution is 2.55. The van der Waals surface area contributed by atoms with E-state index in [1.807, 2.05) is 32.7 Å². The van der Waals surface area contributed by atoms with Gasteiger partial charge in [-0.3, -0.25) is 4.68 Å². The Morgan fingerprint density at radius 3 is 2.34 bits per heavy atom. The van der Waals surface area contributed by atoms with Crippen molar-refractivity contribution in [3.05, 3.63) is 11.3 Å². The molecule has 4 aliphatic rings. The molecule has 0 N–H and O–H groups in total. The highest BCUT2D eigenvalue weighted by molar-refractivity contribution is 5.70. The fourth-order valence-corrected chi connectivity index (χ4v) is 6.78. The molecule has 4 fully saturated rings. The van der Waals surface area contributed by atoms with Crippen LogP contribution >= 0.6 is 0 Å². The molecule has 0 bridgehead atoms. The molecule has 1 aromatic heterocycles. The number of aromatic nitrogens is 2. The van der Waals surface area contributed by atoms with Gasteiger partial charge in [0.2, 0.25) is 0 Å². The zero-order valence-corrected chi connectivity index (χ0v) is 22.6. The van der Waals surface area contributed by atoms with Crippen molar-refractivity contribution in [1.82, 2.24) is 19.6 Å². The highest BCUT2D eigenvalue weighted by atomic mass is 16.6. The van der Waals surface area contributed by atoms with Gasteiger partial charge in [0.25, 0.3) is 0 Å². The van der Waals surface area contributed by atoms with E-state index in [1.54, 1.807) is 4.90 Å². The van der Waals surface area contributed by atoms with E-state index in [0.717, 1.165) is 51.1 Å². The predicted octanol–water partition coefficient (Wildman–Crippen LogP) is 4.27. The fraction of sp³-hybridized carbons (Fsp3) is 0.808. The molecule has 2 amide bonds. The van der Waals surface area contributed by atoms with Gasteiger partial charge in [-0.1, -0.05) is 0 Å². The Balaban J connectivity index is 1.25. The van der Waals surface area contributed by atoms with Crippen LogP contribution in [0.25, 0.3) is 0 Å². The van der Waals surface area contributed by atoms with Gasteiger partial charge < -0.3 is 24.2 Å². The Morgan fingerprint density at radius 1 is 1.14 bits per heavy atom. The molecular weight excluding hydrogens is 446 g/mol. The molecule has 5 rings (SSSR count). The number of amides is 2. The normalized spacial score (nSPS) is 27.8. The van der Waals surface area contributed by atoms with Crippen molar-refractivity contribution in [1.29, 1.82) is 0 Å². The molecule has 35 heavy (non-hydrogen) atoms. The summed E-state index contributed by atoms with van der Waals surface area (Å²) in [5.41, 5.74) is 1.61. The number of piperidine rings is 1. The molecule has 194 valence electrons. The first kappa shape index (κ1) is 24.3. The summed E-state index contributed by atoms with van der Waals surface area (Å²) in [6.07, 6.45) is 3.26. The molecule has 4 heterocycles. The molecule has 1 aromatic rings. The van der Waals surface area contributed by atoms with Crippen molar-refractivity contribution in [2.45, 2.75) is 96.9 Å². The maximum Gasteiger partial charge on any atom is 0.410 e. The van der Waals surface area contributed by atoms with Crippen LogP contribution in [0, 0.1) is 19.3 Å². The molecule has 1 aliphatic carbocycles. The number of nitrogens with zero attached hydrogens (tertiary/aromatic N) is 5. The van der Waals surface area contributed by atoms with Gasteiger partial charge in [-0.05, 0) is 61.3 Å². The summed E-state index contributed by atoms with van der Waals surface area (Å²) in [5, 5.41) is 5.14. The maximum absolute atomic E-state index is 12.3. The largest absolute Gasteiger partial charge is 0.444 e. The van der Waals surface area contributed by atoms with E-state index in [9.17, 15) is 9.59 Å². The summed E-state index contributed by atoms with van der Waals surface area (Å²) in [7, 11) is 1.81. The van der Waals surface area contributed by atoms with Crippen LogP contribution in [0.5, 0.6) is 0 Å². The van der Waals surface area contributed by atoms with Crippen LogP contribution in [-0.2, 0) is 9.47 Å². The van der Waals surface area contributed by atoms with Gasteiger partial charge in [0.1, 0.15) is 11.2 Å². The van der Waals surface area contributed by atoms with E-state index >= 15 is 0 Å². The van der Waals surface area contributed by atoms with Gasteiger partial charge in [0.05, 0.1) is 12.6 Å². The molecule has 3 aliphatic heterocycles. The zero-order chi connectivity index (χ0) is 25.6. The fourth-order valence-electron chi connectivity index (χ4n) is 6.78. The quantitative estimate of drug-likeness (QED) is 0.620. The van der Waals surface area contributed by atoms with Crippen LogP contribution < -0.4 is 4.90 Å². The minimum absolute atomic E-state index is 0.178. The molecule has 0 aromatic carbocycles. The van der Waals surface area contributed by atoms with Gasteiger partial charge in [0, 0.05) is 61.7 Å². The first-order valence-corrected chi connectivity index (χ1v) is 12.9. The minimum atomic E-state index is -0.459. The van der Waals surface area contributed by atoms with Crippen molar-refractivity contribution in [3.8, 4) is 0 Å². The van der Waals surface area contributed by atoms with Crippen LogP contribution in [0.4, 0.5) is 15.4 Å². The number of hydrogen-bond acceptors (Lipinski definition) is 6. The van der Waals surface area contributed by atoms with Crippen LogP contribution in [0.15, 0.2) is 0 Å². The average molecular weight is 488 g/mol. The van der Waals surface area contributed by atoms with E-state index in [0.29, 0.717) is 12.6 Å². The number of ether oxygens (including phenoxy) is 2. The SMILES string of the molecule is Cc1c(N2CCC3(CN(C)C(=O)O3)CC2(C)C)nn(C2CC3(C2)CN(C(=O)OC(C)(C)C)C3)c1C. The van der Waals surface area contributed by atoms with E-state index in [2.05, 4.69) is 37.3 Å². The third-order valence-corrected chi connectivity index (χ3v) is 8.48. The van der Waals surface area contributed by atoms with Crippen LogP contribution in [0.3, 0.4) is 0 Å². The van der Waals surface area contributed by atoms with Crippen molar-refractivity contribution in [2.75, 3.05) is 38.1 Å². The monoisotopic (exact) mass is 487 g/mol. The summed E-state index contributed by atoms with van der Waals surface area (Å²) in [6.45, 7) is 17.5. The van der Waals surface area contributed by atoms with Crippen LogP contribution in [-0.4, -0.2) is 81.7 Å². The van der Waals surface area contributed by atoms with E-state index in [4.69, 9.17) is 14.6 Å². The van der Waals surface area contributed by atoms with E-state index in [-0.39, 0.29) is 23.1 Å². The second kappa shape index (κ2) is 7.53. The summed E-state index contributed by atoms with van der Waals surface area (Å²) in [6, 6.07) is 0.368. The molecule has 3 saturated heterocycles. The maximum atomic E-state index is 12.3. The molecule has 0 radical (unpaired) electrons. The van der Waals surface area contributed by atoms with Crippen molar-refractivity contribution >= 4 is 18.0 Å². The predicted molar refractivity (Wildman–Crippen MR) is 133 cm³/mol. The number of carbonyl (C=O) groups excluding carboxylic acids is 2. The number of likely N-dealkylation sites (N-methyl/N-ethyl adjacent to an activating group) is 1. The third-order valence-electron chi connectivity index (χ3n) is 8.48. The van der Waals surface area contributed by atoms with Crippen molar-refractivity contribution in [2.24, 2.45) is 5.41 Å². The third kappa shape index (κ3) is 4.04. The lowest BCUT2D eigenvalue weighted by atomic mass is 9.61. The Kier molecular flexibility index (Phi) is 5.22. The minimum Gasteiger partial charge on any atom is -0.444 e. The smallest absolute Gasteiger partial charge is 0.410 e. The van der Waals surface area contributed by atoms with Gasteiger partial charge in [0.15, 0.2) is 5.82 Å². The molecule has 2 spiro atoms. The molecule has 9 nitrogen and oxygen atoms in total. The molecule has 9 heteroatoms. The zero-order valence-electron chi connectivity index (χ0n) is 22.6. The van der Waals surface area contributed by atoms with Gasteiger partial charge in [-0.25, -0.2) is 9.59 Å². The Bertz CT molecular complexity index is 1040. The van der Waals surface area contributed by atoms with Crippen molar-refractivity contribution < 1.29 is 19.1 Å². The lowest BCUT2D eigenvalue weighted by Crippen LogP contribution is -2.64. The summed E-state index contributed by atoms with van der Waals surface area (Å²) >= 11 is 0. The van der Waals surface area contributed by atoms with Crippen molar-refractivity contribution in [3.63, 3.8) is 0 Å². The standard InChI is InChI=1S/C26H41N5O4/c1-17-18(2)31(19-11-25(12-19)14-29(15-25)22(33)34-23(3,4)5)27-20(17)30-10-9-26(13-24(30,6)7)16-28(8)21(32)35-26/h19H,9-16H2,1-8H3. The highest BCUT2D eigenvalue weighted by Gasteiger charge is 2.56. The summed E-state index contributed by atoms with van der Waals surface area (Å²) in [4.78, 5) is 30.3. The second-order valence-corrected chi connectivity index (χ2v) is 13.2. The number of hydrogen-bond donors (Lipinski definition) is 0. The van der Waals surface area contributed by atoms with E-state index in [1.165, 1.54) is 11.3 Å². The first-order chi connectivity index (χ1) is 16.1. The van der Waals surface area contributed by atoms with Crippen LogP contribution in [0.2, 0.25) is 0 Å². The Morgan fingerprint density at radius 2 is 1.80 bits per heavy atom. The topological polar surface area (TPSA) is 80.1 Å². The number of anilines is 1. The number of rotatable bonds is 2. The van der Waals surface area contributed by atoms with Crippen LogP contribution in [0.1, 0.15) is 77.6 Å².